The highest BCUT2D eigenvalue weighted by molar-refractivity contribution is 6.19. The largest absolute Gasteiger partial charge is 0.489 e. The Balaban J connectivity index is 1.31. The molecule has 0 bridgehead atoms. The molecule has 8 nitrogen and oxygen atoms in total. The van der Waals surface area contributed by atoms with Gasteiger partial charge in [0.2, 0.25) is 17.7 Å². The maximum absolute atomic E-state index is 8.91. The molecular formula is C25H21ClN6O2. The highest BCUT2D eigenvalue weighted by atomic mass is 35.5. The number of nitrogens with zero attached hydrogens (tertiary/aromatic N) is 5. The zero-order valence-electron chi connectivity index (χ0n) is 18.2. The number of likely N-dealkylation sites (tertiary alicyclic amines) is 1. The van der Waals surface area contributed by atoms with Crippen LogP contribution in [0.3, 0.4) is 0 Å². The molecule has 2 N–H and O–H groups in total. The maximum Gasteiger partial charge on any atom is 0.249 e. The van der Waals surface area contributed by atoms with Crippen LogP contribution in [0, 0.1) is 11.3 Å². The minimum atomic E-state index is -0.125. The number of nitrogens with two attached hydrogens (primary N) is 1. The number of ether oxygens (including phenoxy) is 1. The van der Waals surface area contributed by atoms with Crippen LogP contribution in [0.2, 0.25) is 0 Å². The van der Waals surface area contributed by atoms with Crippen LogP contribution in [-0.4, -0.2) is 27.5 Å². The van der Waals surface area contributed by atoms with Crippen LogP contribution in [0.1, 0.15) is 35.9 Å². The van der Waals surface area contributed by atoms with Crippen LogP contribution in [0.5, 0.6) is 5.75 Å². The molecule has 0 radical (unpaired) electrons. The fourth-order valence-electron chi connectivity index (χ4n) is 4.13. The molecular weight excluding hydrogens is 452 g/mol. The van der Waals surface area contributed by atoms with Crippen LogP contribution in [0.25, 0.3) is 22.2 Å². The monoisotopic (exact) mass is 472 g/mol. The molecule has 2 heterocycles. The minimum Gasteiger partial charge on any atom is -0.489 e. The van der Waals surface area contributed by atoms with Crippen LogP contribution in [0.4, 0.5) is 0 Å². The number of guanidine groups is 1. The van der Waals surface area contributed by atoms with E-state index in [9.17, 15) is 0 Å². The Kier molecular flexibility index (Phi) is 6.02. The van der Waals surface area contributed by atoms with E-state index in [-0.39, 0.29) is 12.0 Å². The number of benzene rings is 3. The number of fused-ring (bicyclic) bond motifs is 1. The SMILES string of the molecule is N#Cc1ccc(COc2ccc3cc(-c4noc([C@@H]5CCCN5/C(N)=N\Cl)n4)ccc3c2)cc1. The fourth-order valence-corrected chi connectivity index (χ4v) is 4.23. The van der Waals surface area contributed by atoms with Gasteiger partial charge in [0.1, 0.15) is 18.4 Å². The number of nitriles is 1. The molecule has 9 heteroatoms. The first-order valence-corrected chi connectivity index (χ1v) is 11.2. The Morgan fingerprint density at radius 1 is 1.18 bits per heavy atom. The number of halogens is 1. The molecule has 1 aliphatic rings. The summed E-state index contributed by atoms with van der Waals surface area (Å²) in [7, 11) is 0. The minimum absolute atomic E-state index is 0.125. The molecule has 5 rings (SSSR count). The van der Waals surface area contributed by atoms with Gasteiger partial charge in [0, 0.05) is 23.9 Å². The highest BCUT2D eigenvalue weighted by Crippen LogP contribution is 2.32. The van der Waals surface area contributed by atoms with Crippen LogP contribution >= 0.6 is 11.8 Å². The quantitative estimate of drug-likeness (QED) is 0.323. The van der Waals surface area contributed by atoms with E-state index in [0.29, 0.717) is 23.9 Å². The predicted molar refractivity (Wildman–Crippen MR) is 129 cm³/mol. The van der Waals surface area contributed by atoms with Crippen LogP contribution in [0.15, 0.2) is 69.7 Å². The lowest BCUT2D eigenvalue weighted by Gasteiger charge is -2.21. The van der Waals surface area contributed by atoms with Crippen molar-refractivity contribution in [2.45, 2.75) is 25.5 Å². The molecule has 1 saturated heterocycles. The third kappa shape index (κ3) is 4.38. The average Bonchev–Trinajstić information content (AvgIpc) is 3.57. The Morgan fingerprint density at radius 3 is 2.76 bits per heavy atom. The van der Waals surface area contributed by atoms with E-state index in [2.05, 4.69) is 20.7 Å². The summed E-state index contributed by atoms with van der Waals surface area (Å²) in [5, 5.41) is 15.2. The lowest BCUT2D eigenvalue weighted by Crippen LogP contribution is -2.36. The molecule has 1 aliphatic heterocycles. The van der Waals surface area contributed by atoms with Crippen molar-refractivity contribution in [3.8, 4) is 23.2 Å². The molecule has 1 aromatic heterocycles. The molecule has 0 spiro atoms. The molecule has 4 aromatic rings. The zero-order chi connectivity index (χ0) is 23.5. The average molecular weight is 473 g/mol. The van der Waals surface area contributed by atoms with E-state index in [4.69, 9.17) is 32.0 Å². The van der Waals surface area contributed by atoms with E-state index < -0.39 is 0 Å². The second-order valence-corrected chi connectivity index (χ2v) is 8.24. The van der Waals surface area contributed by atoms with Crippen molar-refractivity contribution < 1.29 is 9.26 Å². The summed E-state index contributed by atoms with van der Waals surface area (Å²) in [5.74, 6) is 2.05. The summed E-state index contributed by atoms with van der Waals surface area (Å²) in [4.78, 5) is 6.49. The van der Waals surface area contributed by atoms with E-state index in [1.807, 2.05) is 53.4 Å². The van der Waals surface area contributed by atoms with Gasteiger partial charge in [0.25, 0.3) is 0 Å². The molecule has 170 valence electrons. The smallest absolute Gasteiger partial charge is 0.249 e. The van der Waals surface area contributed by atoms with Gasteiger partial charge < -0.3 is 19.9 Å². The van der Waals surface area contributed by atoms with Crippen molar-refractivity contribution in [3.63, 3.8) is 0 Å². The second kappa shape index (κ2) is 9.41. The van der Waals surface area contributed by atoms with E-state index in [1.54, 1.807) is 12.1 Å². The maximum atomic E-state index is 8.91. The molecule has 0 unspecified atom stereocenters. The number of rotatable bonds is 5. The summed E-state index contributed by atoms with van der Waals surface area (Å²) in [6.07, 6.45) is 1.79. The number of aromatic nitrogens is 2. The summed E-state index contributed by atoms with van der Waals surface area (Å²) in [6, 6.07) is 21.3. The third-order valence-electron chi connectivity index (χ3n) is 5.92. The zero-order valence-corrected chi connectivity index (χ0v) is 18.9. The van der Waals surface area contributed by atoms with Crippen LogP contribution < -0.4 is 10.5 Å². The highest BCUT2D eigenvalue weighted by Gasteiger charge is 2.32. The number of hydrogen-bond donors (Lipinski definition) is 1. The molecule has 0 aliphatic carbocycles. The van der Waals surface area contributed by atoms with Gasteiger partial charge in [-0.25, -0.2) is 0 Å². The van der Waals surface area contributed by atoms with Gasteiger partial charge in [-0.1, -0.05) is 35.5 Å². The van der Waals surface area contributed by atoms with Gasteiger partial charge in [-0.2, -0.15) is 10.2 Å². The predicted octanol–water partition coefficient (Wildman–Crippen LogP) is 4.95. The normalized spacial score (nSPS) is 16.1. The first-order chi connectivity index (χ1) is 16.6. The van der Waals surface area contributed by atoms with Gasteiger partial charge in [-0.05, 0) is 59.5 Å². The van der Waals surface area contributed by atoms with Gasteiger partial charge in [0.15, 0.2) is 0 Å². The van der Waals surface area contributed by atoms with Crippen molar-refractivity contribution in [1.82, 2.24) is 15.0 Å². The van der Waals surface area contributed by atoms with Crippen molar-refractivity contribution in [3.05, 3.63) is 77.7 Å². The Hall–Kier alpha value is -4.09. The Morgan fingerprint density at radius 2 is 1.97 bits per heavy atom. The van der Waals surface area contributed by atoms with Crippen molar-refractivity contribution >= 4 is 28.5 Å². The van der Waals surface area contributed by atoms with Gasteiger partial charge >= 0.3 is 0 Å². The van der Waals surface area contributed by atoms with Gasteiger partial charge in [-0.15, -0.1) is 4.51 Å². The standard InChI is InChI=1S/C25H21ClN6O2/c26-30-25(28)32-11-1-2-22(32)24-29-23(31-34-24)20-8-7-19-13-21(10-9-18(19)12-20)33-15-17-5-3-16(14-27)4-6-17/h3-10,12-13,22H,1-2,11,15H2,(H2,28,30)/t22-/m0/s1. The van der Waals surface area contributed by atoms with E-state index in [1.165, 1.54) is 0 Å². The van der Waals surface area contributed by atoms with Crippen molar-refractivity contribution in [2.24, 2.45) is 10.2 Å². The number of hydrogen-bond acceptors (Lipinski definition) is 6. The second-order valence-electron chi connectivity index (χ2n) is 8.07. The van der Waals surface area contributed by atoms with Crippen molar-refractivity contribution in [1.29, 1.82) is 5.26 Å². The molecule has 1 fully saturated rings. The van der Waals surface area contributed by atoms with Gasteiger partial charge in [-0.3, -0.25) is 0 Å². The Bertz CT molecular complexity index is 1390. The molecule has 0 amide bonds. The summed E-state index contributed by atoms with van der Waals surface area (Å²) in [5.41, 5.74) is 8.39. The summed E-state index contributed by atoms with van der Waals surface area (Å²) < 4.78 is 15.1. The topological polar surface area (TPSA) is 114 Å². The fraction of sp³-hybridized carbons (Fsp3) is 0.200. The van der Waals surface area contributed by atoms with E-state index in [0.717, 1.165) is 47.0 Å². The molecule has 3 aromatic carbocycles. The first kappa shape index (κ1) is 21.7. The van der Waals surface area contributed by atoms with E-state index >= 15 is 0 Å². The summed E-state index contributed by atoms with van der Waals surface area (Å²) in [6.45, 7) is 1.17. The lowest BCUT2D eigenvalue weighted by atomic mass is 10.1. The third-order valence-corrected chi connectivity index (χ3v) is 6.09. The molecule has 1 atom stereocenters. The summed E-state index contributed by atoms with van der Waals surface area (Å²) >= 11 is 5.55. The first-order valence-electron chi connectivity index (χ1n) is 10.9. The molecule has 0 saturated carbocycles. The molecule has 34 heavy (non-hydrogen) atoms. The van der Waals surface area contributed by atoms with Crippen molar-refractivity contribution in [2.75, 3.05) is 6.54 Å². The lowest BCUT2D eigenvalue weighted by molar-refractivity contribution is 0.284. The van der Waals surface area contributed by atoms with Gasteiger partial charge in [0.05, 0.1) is 11.6 Å². The van der Waals surface area contributed by atoms with Crippen LogP contribution in [-0.2, 0) is 6.61 Å². The Labute approximate surface area is 201 Å².